The predicted molar refractivity (Wildman–Crippen MR) is 29.7 cm³/mol. The van der Waals surface area contributed by atoms with Crippen LogP contribution in [-0.4, -0.2) is 22.1 Å². The summed E-state index contributed by atoms with van der Waals surface area (Å²) in [7, 11) is 0. The first-order valence-electron chi connectivity index (χ1n) is 1.77. The van der Waals surface area contributed by atoms with Crippen molar-refractivity contribution in [2.45, 2.75) is 0 Å². The number of nitrogens with two attached hydrogens (primary N) is 1. The maximum Gasteiger partial charge on any atom is 0.314 e. The van der Waals surface area contributed by atoms with Crippen LogP contribution >= 0.6 is 11.8 Å². The van der Waals surface area contributed by atoms with Gasteiger partial charge in [0.2, 0.25) is 0 Å². The molecule has 0 saturated carbocycles. The molecule has 0 spiro atoms. The number of thioether (sulfide) groups is 1. The molecule has 0 rings (SSSR count). The van der Waals surface area contributed by atoms with Crippen LogP contribution in [0.25, 0.3) is 0 Å². The average molecular weight is 135 g/mol. The smallest absolute Gasteiger partial charge is 0.314 e. The van der Waals surface area contributed by atoms with Gasteiger partial charge < -0.3 is 10.8 Å². The third-order valence-electron chi connectivity index (χ3n) is 0.338. The highest BCUT2D eigenvalue weighted by molar-refractivity contribution is 8.14. The number of primary amides is 1. The Balaban J connectivity index is 3.18. The van der Waals surface area contributed by atoms with Crippen molar-refractivity contribution in [1.82, 2.24) is 0 Å². The zero-order valence-electron chi connectivity index (χ0n) is 3.96. The molecule has 0 aromatic rings. The number of carboxylic acids is 1. The SMILES string of the molecule is NC(=O)SCC(=O)O. The molecule has 0 aromatic heterocycles. The Hall–Kier alpha value is -0.710. The van der Waals surface area contributed by atoms with Crippen LogP contribution in [0.2, 0.25) is 0 Å². The first-order valence-corrected chi connectivity index (χ1v) is 2.75. The molecular weight excluding hydrogens is 130 g/mol. The minimum atomic E-state index is -1.03. The number of carboxylic acid groups (broad SMARTS) is 1. The number of hydrogen-bond acceptors (Lipinski definition) is 3. The van der Waals surface area contributed by atoms with Gasteiger partial charge in [0.1, 0.15) is 5.75 Å². The highest BCUT2D eigenvalue weighted by Gasteiger charge is 1.99. The van der Waals surface area contributed by atoms with Gasteiger partial charge in [-0.1, -0.05) is 11.8 Å². The lowest BCUT2D eigenvalue weighted by Crippen LogP contribution is -2.07. The molecule has 5 heteroatoms. The summed E-state index contributed by atoms with van der Waals surface area (Å²) in [5.74, 6) is -1.29. The van der Waals surface area contributed by atoms with Crippen molar-refractivity contribution >= 4 is 23.0 Å². The normalized spacial score (nSPS) is 8.50. The lowest BCUT2D eigenvalue weighted by atomic mass is 10.8. The van der Waals surface area contributed by atoms with Crippen molar-refractivity contribution in [3.63, 3.8) is 0 Å². The summed E-state index contributed by atoms with van der Waals surface area (Å²) in [5, 5.41) is 7.27. The van der Waals surface area contributed by atoms with E-state index in [1.165, 1.54) is 0 Å². The average Bonchev–Trinajstić information content (AvgIpc) is 1.61. The Morgan fingerprint density at radius 2 is 2.12 bits per heavy atom. The topological polar surface area (TPSA) is 80.4 Å². The van der Waals surface area contributed by atoms with Gasteiger partial charge in [0.25, 0.3) is 5.24 Å². The fraction of sp³-hybridized carbons (Fsp3) is 0.333. The first kappa shape index (κ1) is 7.29. The molecule has 4 nitrogen and oxygen atoms in total. The van der Waals surface area contributed by atoms with E-state index in [4.69, 9.17) is 5.11 Å². The molecule has 0 atom stereocenters. The predicted octanol–water partition coefficient (Wildman–Crippen LogP) is -0.117. The van der Waals surface area contributed by atoms with E-state index in [9.17, 15) is 9.59 Å². The van der Waals surface area contributed by atoms with Crippen molar-refractivity contribution in [2.24, 2.45) is 5.73 Å². The maximum absolute atomic E-state index is 9.83. The van der Waals surface area contributed by atoms with E-state index in [0.717, 1.165) is 0 Å². The Morgan fingerprint density at radius 1 is 1.62 bits per heavy atom. The molecule has 8 heavy (non-hydrogen) atoms. The molecule has 0 bridgehead atoms. The van der Waals surface area contributed by atoms with Gasteiger partial charge in [0.15, 0.2) is 0 Å². The van der Waals surface area contributed by atoms with E-state index in [1.54, 1.807) is 0 Å². The molecule has 46 valence electrons. The summed E-state index contributed by atoms with van der Waals surface area (Å²) in [6.07, 6.45) is 0. The van der Waals surface area contributed by atoms with Crippen LogP contribution in [0.5, 0.6) is 0 Å². The third kappa shape index (κ3) is 5.29. The number of hydrogen-bond donors (Lipinski definition) is 2. The van der Waals surface area contributed by atoms with Gasteiger partial charge in [-0.25, -0.2) is 0 Å². The molecule has 0 fully saturated rings. The van der Waals surface area contributed by atoms with Crippen LogP contribution in [0.15, 0.2) is 0 Å². The highest BCUT2D eigenvalue weighted by Crippen LogP contribution is 1.96. The Morgan fingerprint density at radius 3 is 2.25 bits per heavy atom. The Labute approximate surface area is 50.0 Å². The molecule has 3 N–H and O–H groups in total. The fourth-order valence-corrected chi connectivity index (χ4v) is 0.399. The maximum atomic E-state index is 9.83. The van der Waals surface area contributed by atoms with E-state index in [0.29, 0.717) is 11.8 Å². The van der Waals surface area contributed by atoms with Crippen LogP contribution in [0, 0.1) is 0 Å². The second kappa shape index (κ2) is 3.31. The molecule has 0 aromatic carbocycles. The second-order valence-corrected chi connectivity index (χ2v) is 1.98. The zero-order chi connectivity index (χ0) is 6.57. The molecule has 0 aliphatic rings. The fourth-order valence-electron chi connectivity index (χ4n) is 0.133. The molecule has 0 saturated heterocycles. The molecule has 0 heterocycles. The van der Waals surface area contributed by atoms with Crippen LogP contribution in [-0.2, 0) is 4.79 Å². The molecular formula is C3H5NO3S. The number of aliphatic carboxylic acids is 1. The van der Waals surface area contributed by atoms with Gasteiger partial charge in [-0.15, -0.1) is 0 Å². The lowest BCUT2D eigenvalue weighted by molar-refractivity contribution is -0.133. The highest BCUT2D eigenvalue weighted by atomic mass is 32.2. The van der Waals surface area contributed by atoms with E-state index >= 15 is 0 Å². The van der Waals surface area contributed by atoms with Gasteiger partial charge in [-0.2, -0.15) is 0 Å². The lowest BCUT2D eigenvalue weighted by Gasteiger charge is -1.85. The van der Waals surface area contributed by atoms with Crippen molar-refractivity contribution in [3.05, 3.63) is 0 Å². The summed E-state index contributed by atoms with van der Waals surface area (Å²) < 4.78 is 0. The number of rotatable bonds is 2. The Kier molecular flexibility index (Phi) is 3.02. The largest absolute Gasteiger partial charge is 0.481 e. The van der Waals surface area contributed by atoms with Crippen LogP contribution < -0.4 is 5.73 Å². The molecule has 1 amide bonds. The summed E-state index contributed by atoms with van der Waals surface area (Å²) in [6, 6.07) is 0. The Bertz CT molecular complexity index is 99.1. The van der Waals surface area contributed by atoms with Crippen molar-refractivity contribution in [2.75, 3.05) is 5.75 Å². The van der Waals surface area contributed by atoms with E-state index in [-0.39, 0.29) is 5.75 Å². The van der Waals surface area contributed by atoms with Gasteiger partial charge in [-0.05, 0) is 0 Å². The first-order chi connectivity index (χ1) is 3.63. The number of carbonyl (C=O) groups excluding carboxylic acids is 1. The van der Waals surface area contributed by atoms with E-state index in [2.05, 4.69) is 5.73 Å². The summed E-state index contributed by atoms with van der Waals surface area (Å²) in [5.41, 5.74) is 4.60. The van der Waals surface area contributed by atoms with Crippen molar-refractivity contribution in [1.29, 1.82) is 0 Å². The quantitative estimate of drug-likeness (QED) is 0.553. The molecule has 0 unspecified atom stereocenters. The summed E-state index contributed by atoms with van der Waals surface area (Å²) in [6.45, 7) is 0. The summed E-state index contributed by atoms with van der Waals surface area (Å²) in [4.78, 5) is 19.5. The van der Waals surface area contributed by atoms with E-state index < -0.39 is 11.2 Å². The minimum Gasteiger partial charge on any atom is -0.481 e. The minimum absolute atomic E-state index is 0.255. The van der Waals surface area contributed by atoms with Gasteiger partial charge in [0, 0.05) is 0 Å². The zero-order valence-corrected chi connectivity index (χ0v) is 4.77. The van der Waals surface area contributed by atoms with Crippen LogP contribution in [0.1, 0.15) is 0 Å². The van der Waals surface area contributed by atoms with Gasteiger partial charge >= 0.3 is 5.97 Å². The molecule has 0 aliphatic heterocycles. The summed E-state index contributed by atoms with van der Waals surface area (Å²) >= 11 is 0.579. The molecule has 0 aliphatic carbocycles. The van der Waals surface area contributed by atoms with Gasteiger partial charge in [-0.3, -0.25) is 9.59 Å². The monoisotopic (exact) mass is 135 g/mol. The number of amides is 1. The van der Waals surface area contributed by atoms with E-state index in [1.807, 2.05) is 0 Å². The standard InChI is InChI=1S/C3H5NO3S/c4-3(7)8-1-2(5)6/h1H2,(H2,4,7)(H,5,6). The van der Waals surface area contributed by atoms with Crippen molar-refractivity contribution < 1.29 is 14.7 Å². The molecule has 0 radical (unpaired) electrons. The number of carbonyl (C=O) groups is 2. The van der Waals surface area contributed by atoms with Crippen LogP contribution in [0.4, 0.5) is 4.79 Å². The van der Waals surface area contributed by atoms with Crippen molar-refractivity contribution in [3.8, 4) is 0 Å². The van der Waals surface area contributed by atoms with Gasteiger partial charge in [0.05, 0.1) is 0 Å². The third-order valence-corrected chi connectivity index (χ3v) is 1.01. The second-order valence-electron chi connectivity index (χ2n) is 1.00. The van der Waals surface area contributed by atoms with Crippen LogP contribution in [0.3, 0.4) is 0 Å².